The van der Waals surface area contributed by atoms with Crippen molar-refractivity contribution in [2.45, 2.75) is 0 Å². The molecule has 0 spiro atoms. The van der Waals surface area contributed by atoms with Gasteiger partial charge in [-0.1, -0.05) is 59.6 Å². The number of benzene rings is 1. The Balaban J connectivity index is 0.000000245. The van der Waals surface area contributed by atoms with E-state index in [2.05, 4.69) is 21.4 Å². The van der Waals surface area contributed by atoms with Gasteiger partial charge in [0.25, 0.3) is 0 Å². The van der Waals surface area contributed by atoms with E-state index in [9.17, 15) is 0 Å². The molecular formula is C10H8Cl4O2S2. The van der Waals surface area contributed by atoms with Gasteiger partial charge in [-0.2, -0.15) is 8.42 Å². The van der Waals surface area contributed by atoms with Gasteiger partial charge in [0.15, 0.2) is 0 Å². The predicted molar refractivity (Wildman–Crippen MR) is 81.4 cm³/mol. The van der Waals surface area contributed by atoms with Crippen molar-refractivity contribution in [2.75, 3.05) is 0 Å². The SMILES string of the molecule is Clc1ccc(Cl)s1.O=S(=O)(Cl)Cl.c1ccccc1. The van der Waals surface area contributed by atoms with Crippen molar-refractivity contribution in [1.82, 2.24) is 0 Å². The highest BCUT2D eigenvalue weighted by Crippen LogP contribution is 2.24. The monoisotopic (exact) mass is 364 g/mol. The zero-order chi connectivity index (χ0) is 14.0. The van der Waals surface area contributed by atoms with E-state index in [4.69, 9.17) is 31.6 Å². The van der Waals surface area contributed by atoms with Gasteiger partial charge in [0.2, 0.25) is 0 Å². The molecule has 0 fully saturated rings. The van der Waals surface area contributed by atoms with Crippen LogP contribution in [-0.4, -0.2) is 8.42 Å². The molecule has 0 bridgehead atoms. The lowest BCUT2D eigenvalue weighted by Crippen LogP contribution is -1.63. The fourth-order valence-corrected chi connectivity index (χ4v) is 1.88. The number of hydrogen-bond acceptors (Lipinski definition) is 3. The van der Waals surface area contributed by atoms with E-state index in [0.29, 0.717) is 0 Å². The maximum absolute atomic E-state index is 9.16. The van der Waals surface area contributed by atoms with Crippen molar-refractivity contribution in [3.63, 3.8) is 0 Å². The molecule has 0 aliphatic carbocycles. The summed E-state index contributed by atoms with van der Waals surface area (Å²) in [5.41, 5.74) is 0. The van der Waals surface area contributed by atoms with Crippen LogP contribution in [0.2, 0.25) is 8.67 Å². The van der Waals surface area contributed by atoms with Crippen LogP contribution in [0.3, 0.4) is 0 Å². The van der Waals surface area contributed by atoms with Crippen LogP contribution in [-0.2, 0) is 8.26 Å². The van der Waals surface area contributed by atoms with Gasteiger partial charge in [0, 0.05) is 21.4 Å². The van der Waals surface area contributed by atoms with Crippen molar-refractivity contribution in [3.05, 3.63) is 57.2 Å². The van der Waals surface area contributed by atoms with Crippen LogP contribution in [0.25, 0.3) is 0 Å². The van der Waals surface area contributed by atoms with Crippen molar-refractivity contribution in [2.24, 2.45) is 0 Å². The van der Waals surface area contributed by atoms with Crippen LogP contribution in [0.1, 0.15) is 0 Å². The lowest BCUT2D eigenvalue weighted by molar-refractivity contribution is 0.621. The summed E-state index contributed by atoms with van der Waals surface area (Å²) in [5.74, 6) is 0. The van der Waals surface area contributed by atoms with E-state index in [0.717, 1.165) is 8.67 Å². The average molecular weight is 366 g/mol. The molecule has 18 heavy (non-hydrogen) atoms. The summed E-state index contributed by atoms with van der Waals surface area (Å²) < 4.78 is 19.8. The maximum atomic E-state index is 9.16. The molecule has 8 heteroatoms. The Labute approximate surface area is 129 Å². The average Bonchev–Trinajstić information content (AvgIpc) is 2.63. The molecule has 100 valence electrons. The third kappa shape index (κ3) is 16.0. The highest BCUT2D eigenvalue weighted by molar-refractivity contribution is 8.31. The summed E-state index contributed by atoms with van der Waals surface area (Å²) in [6, 6.07) is 15.5. The molecule has 0 atom stereocenters. The van der Waals surface area contributed by atoms with Gasteiger partial charge in [-0.25, -0.2) is 0 Å². The Hall–Kier alpha value is 0.0300. The molecule has 2 rings (SSSR count). The summed E-state index contributed by atoms with van der Waals surface area (Å²) >= 11 is 12.4. The van der Waals surface area contributed by atoms with E-state index in [1.54, 1.807) is 12.1 Å². The van der Waals surface area contributed by atoms with Gasteiger partial charge in [-0.15, -0.1) is 11.3 Å². The molecule has 0 aliphatic rings. The minimum absolute atomic E-state index is 0.741. The topological polar surface area (TPSA) is 34.1 Å². The van der Waals surface area contributed by atoms with E-state index in [1.807, 2.05) is 36.4 Å². The largest absolute Gasteiger partial charge is 0.317 e. The van der Waals surface area contributed by atoms with Gasteiger partial charge in [-0.3, -0.25) is 0 Å². The number of rotatable bonds is 0. The van der Waals surface area contributed by atoms with E-state index < -0.39 is 8.26 Å². The summed E-state index contributed by atoms with van der Waals surface area (Å²) in [7, 11) is 4.81. The second kappa shape index (κ2) is 9.89. The molecule has 0 saturated carbocycles. The Morgan fingerprint density at radius 3 is 1.11 bits per heavy atom. The molecule has 1 aromatic heterocycles. The second-order valence-corrected chi connectivity index (χ2v) is 8.59. The smallest absolute Gasteiger partial charge is 0.195 e. The first-order chi connectivity index (χ1) is 8.29. The first-order valence-corrected chi connectivity index (χ1v) is 9.05. The summed E-state index contributed by atoms with van der Waals surface area (Å²) in [6.45, 7) is 0. The van der Waals surface area contributed by atoms with E-state index in [1.165, 1.54) is 11.3 Å². The maximum Gasteiger partial charge on any atom is 0.317 e. The van der Waals surface area contributed by atoms with Crippen LogP contribution in [0.5, 0.6) is 0 Å². The molecule has 1 heterocycles. The van der Waals surface area contributed by atoms with E-state index in [-0.39, 0.29) is 0 Å². The highest BCUT2D eigenvalue weighted by Gasteiger charge is 1.89. The first-order valence-electron chi connectivity index (χ1n) is 4.34. The minimum Gasteiger partial charge on any atom is -0.195 e. The molecule has 0 amide bonds. The Bertz CT molecular complexity index is 475. The Morgan fingerprint density at radius 1 is 0.778 bits per heavy atom. The Kier molecular flexibility index (Phi) is 9.91. The zero-order valence-electron chi connectivity index (χ0n) is 8.76. The predicted octanol–water partition coefficient (Wildman–Crippen LogP) is 5.45. The number of halogens is 4. The molecule has 2 aromatic rings. The van der Waals surface area contributed by atoms with Gasteiger partial charge >= 0.3 is 8.26 Å². The van der Waals surface area contributed by atoms with Crippen molar-refractivity contribution in [3.8, 4) is 0 Å². The van der Waals surface area contributed by atoms with Crippen LogP contribution >= 0.6 is 55.9 Å². The molecule has 0 saturated heterocycles. The van der Waals surface area contributed by atoms with Gasteiger partial charge in [-0.05, 0) is 12.1 Å². The number of hydrogen-bond donors (Lipinski definition) is 0. The zero-order valence-corrected chi connectivity index (χ0v) is 13.4. The third-order valence-electron chi connectivity index (χ3n) is 1.21. The van der Waals surface area contributed by atoms with Crippen molar-refractivity contribution >= 4 is 64.2 Å². The van der Waals surface area contributed by atoms with Crippen LogP contribution in [0, 0.1) is 0 Å². The summed E-state index contributed by atoms with van der Waals surface area (Å²) in [5, 5.41) is 0. The van der Waals surface area contributed by atoms with Crippen molar-refractivity contribution in [1.29, 1.82) is 0 Å². The lowest BCUT2D eigenvalue weighted by atomic mass is 10.4. The molecule has 0 unspecified atom stereocenters. The molecule has 2 nitrogen and oxygen atoms in total. The fraction of sp³-hybridized carbons (Fsp3) is 0. The highest BCUT2D eigenvalue weighted by atomic mass is 36.0. The first kappa shape index (κ1) is 18.0. The van der Waals surface area contributed by atoms with Gasteiger partial charge < -0.3 is 0 Å². The van der Waals surface area contributed by atoms with Gasteiger partial charge in [0.05, 0.1) is 8.67 Å². The quantitative estimate of drug-likeness (QED) is 0.581. The number of thiophene rings is 1. The van der Waals surface area contributed by atoms with Crippen LogP contribution < -0.4 is 0 Å². The van der Waals surface area contributed by atoms with Crippen LogP contribution in [0.4, 0.5) is 0 Å². The van der Waals surface area contributed by atoms with Crippen LogP contribution in [0.15, 0.2) is 48.5 Å². The lowest BCUT2D eigenvalue weighted by Gasteiger charge is -1.69. The molecule has 1 aromatic carbocycles. The summed E-state index contributed by atoms with van der Waals surface area (Å²) in [6.07, 6.45) is 0. The van der Waals surface area contributed by atoms with E-state index >= 15 is 0 Å². The normalized spacial score (nSPS) is 9.56. The minimum atomic E-state index is -3.72. The second-order valence-electron chi connectivity index (χ2n) is 2.58. The molecular weight excluding hydrogens is 358 g/mol. The van der Waals surface area contributed by atoms with Gasteiger partial charge in [0.1, 0.15) is 0 Å². The molecule has 0 aliphatic heterocycles. The third-order valence-corrected chi connectivity index (χ3v) is 2.58. The Morgan fingerprint density at radius 2 is 1.00 bits per heavy atom. The van der Waals surface area contributed by atoms with Crippen molar-refractivity contribution < 1.29 is 8.42 Å². The molecule has 0 radical (unpaired) electrons. The molecule has 0 N–H and O–H groups in total. The summed E-state index contributed by atoms with van der Waals surface area (Å²) in [4.78, 5) is 0. The standard InChI is InChI=1S/C6H6.C4H2Cl2S.Cl2O2S/c1-2-4-6-5-3-1;5-3-1-2-4(6)7-3;1-5(2,3)4/h1-6H;1-2H;. The fourth-order valence-electron chi connectivity index (χ4n) is 0.677.